The Balaban J connectivity index is 2.66. The highest BCUT2D eigenvalue weighted by Gasteiger charge is 2.61. The Hall–Kier alpha value is -1.31. The SMILES string of the molecule is NC(=O)CCNC(=O)C1(C(F)(F)F)CCNC1. The highest BCUT2D eigenvalue weighted by atomic mass is 19.4. The molecular formula is C9H14F3N3O2. The zero-order valence-corrected chi connectivity index (χ0v) is 9.06. The molecule has 0 aliphatic carbocycles. The van der Waals surface area contributed by atoms with Crippen molar-refractivity contribution >= 4 is 11.8 Å². The van der Waals surface area contributed by atoms with Crippen LogP contribution in [0.25, 0.3) is 0 Å². The minimum Gasteiger partial charge on any atom is -0.370 e. The molecule has 4 N–H and O–H groups in total. The van der Waals surface area contributed by atoms with Crippen LogP contribution in [0.2, 0.25) is 0 Å². The molecule has 0 aromatic heterocycles. The van der Waals surface area contributed by atoms with Crippen molar-refractivity contribution in [1.82, 2.24) is 10.6 Å². The van der Waals surface area contributed by atoms with E-state index in [1.54, 1.807) is 0 Å². The van der Waals surface area contributed by atoms with Crippen molar-refractivity contribution in [2.45, 2.75) is 19.0 Å². The van der Waals surface area contributed by atoms with E-state index >= 15 is 0 Å². The van der Waals surface area contributed by atoms with Crippen LogP contribution in [0.1, 0.15) is 12.8 Å². The Bertz CT molecular complexity index is 311. The number of primary amides is 1. The molecule has 1 aliphatic rings. The lowest BCUT2D eigenvalue weighted by atomic mass is 9.85. The van der Waals surface area contributed by atoms with Crippen LogP contribution in [0.4, 0.5) is 13.2 Å². The third kappa shape index (κ3) is 2.87. The Morgan fingerprint density at radius 2 is 2.06 bits per heavy atom. The fourth-order valence-electron chi connectivity index (χ4n) is 1.72. The smallest absolute Gasteiger partial charge is 0.370 e. The lowest BCUT2D eigenvalue weighted by molar-refractivity contribution is -0.215. The van der Waals surface area contributed by atoms with Gasteiger partial charge in [0, 0.05) is 19.5 Å². The zero-order chi connectivity index (χ0) is 13.1. The van der Waals surface area contributed by atoms with Gasteiger partial charge in [-0.05, 0) is 13.0 Å². The Labute approximate surface area is 95.9 Å². The van der Waals surface area contributed by atoms with Crippen LogP contribution in [-0.2, 0) is 9.59 Å². The fourth-order valence-corrected chi connectivity index (χ4v) is 1.72. The summed E-state index contributed by atoms with van der Waals surface area (Å²) in [6.45, 7) is -0.465. The van der Waals surface area contributed by atoms with Gasteiger partial charge in [0.15, 0.2) is 5.41 Å². The molecule has 17 heavy (non-hydrogen) atoms. The summed E-state index contributed by atoms with van der Waals surface area (Å²) in [7, 11) is 0. The van der Waals surface area contributed by atoms with Crippen molar-refractivity contribution in [3.8, 4) is 0 Å². The predicted octanol–water partition coefficient (Wildman–Crippen LogP) is -0.480. The minimum atomic E-state index is -4.60. The van der Waals surface area contributed by atoms with Gasteiger partial charge in [-0.25, -0.2) is 0 Å². The summed E-state index contributed by atoms with van der Waals surface area (Å²) in [5.41, 5.74) is 2.44. The topological polar surface area (TPSA) is 84.2 Å². The van der Waals surface area contributed by atoms with Crippen molar-refractivity contribution in [3.63, 3.8) is 0 Å². The van der Waals surface area contributed by atoms with Crippen LogP contribution in [0.3, 0.4) is 0 Å². The number of halogens is 3. The highest BCUT2D eigenvalue weighted by molar-refractivity contribution is 5.84. The van der Waals surface area contributed by atoms with E-state index < -0.39 is 30.0 Å². The first-order valence-electron chi connectivity index (χ1n) is 5.14. The summed E-state index contributed by atoms with van der Waals surface area (Å²) >= 11 is 0. The molecule has 1 heterocycles. The van der Waals surface area contributed by atoms with Crippen molar-refractivity contribution in [2.24, 2.45) is 11.1 Å². The number of alkyl halides is 3. The van der Waals surface area contributed by atoms with Crippen LogP contribution < -0.4 is 16.4 Å². The van der Waals surface area contributed by atoms with E-state index in [4.69, 9.17) is 5.73 Å². The third-order valence-electron chi connectivity index (χ3n) is 2.79. The summed E-state index contributed by atoms with van der Waals surface area (Å²) in [6.07, 6.45) is -5.07. The van der Waals surface area contributed by atoms with Gasteiger partial charge in [0.1, 0.15) is 0 Å². The summed E-state index contributed by atoms with van der Waals surface area (Å²) in [4.78, 5) is 22.0. The number of carbonyl (C=O) groups excluding carboxylic acids is 2. The molecule has 0 radical (unpaired) electrons. The van der Waals surface area contributed by atoms with Gasteiger partial charge in [-0.15, -0.1) is 0 Å². The summed E-state index contributed by atoms with van der Waals surface area (Å²) < 4.78 is 38.6. The molecule has 1 rings (SSSR count). The molecule has 1 saturated heterocycles. The molecule has 98 valence electrons. The van der Waals surface area contributed by atoms with E-state index in [9.17, 15) is 22.8 Å². The van der Waals surface area contributed by atoms with Gasteiger partial charge in [0.25, 0.3) is 0 Å². The number of amides is 2. The molecule has 8 heteroatoms. The molecule has 1 unspecified atom stereocenters. The first-order chi connectivity index (χ1) is 7.79. The van der Waals surface area contributed by atoms with Crippen LogP contribution in [0.15, 0.2) is 0 Å². The first-order valence-corrected chi connectivity index (χ1v) is 5.14. The quantitative estimate of drug-likeness (QED) is 0.632. The summed E-state index contributed by atoms with van der Waals surface area (Å²) in [5.74, 6) is -1.77. The largest absolute Gasteiger partial charge is 0.404 e. The van der Waals surface area contributed by atoms with Crippen LogP contribution in [0, 0.1) is 5.41 Å². The number of hydrogen-bond acceptors (Lipinski definition) is 3. The molecular weight excluding hydrogens is 239 g/mol. The third-order valence-corrected chi connectivity index (χ3v) is 2.79. The number of nitrogens with one attached hydrogen (secondary N) is 2. The standard InChI is InChI=1S/C9H14F3N3O2/c10-9(11,12)8(2-4-14-5-8)7(17)15-3-1-6(13)16/h14H,1-5H2,(H2,13,16)(H,15,17). The highest BCUT2D eigenvalue weighted by Crippen LogP contribution is 2.43. The van der Waals surface area contributed by atoms with Gasteiger partial charge in [0.2, 0.25) is 11.8 Å². The molecule has 0 aromatic rings. The molecule has 0 bridgehead atoms. The van der Waals surface area contributed by atoms with E-state index in [0.29, 0.717) is 0 Å². The predicted molar refractivity (Wildman–Crippen MR) is 52.8 cm³/mol. The fraction of sp³-hybridized carbons (Fsp3) is 0.778. The average molecular weight is 253 g/mol. The van der Waals surface area contributed by atoms with E-state index in [2.05, 4.69) is 10.6 Å². The zero-order valence-electron chi connectivity index (χ0n) is 9.06. The number of rotatable bonds is 4. The lowest BCUT2D eigenvalue weighted by Gasteiger charge is -2.29. The maximum absolute atomic E-state index is 12.9. The minimum absolute atomic E-state index is 0.142. The Morgan fingerprint density at radius 3 is 2.47 bits per heavy atom. The average Bonchev–Trinajstić information content (AvgIpc) is 2.65. The van der Waals surface area contributed by atoms with E-state index in [0.717, 1.165) is 0 Å². The molecule has 1 atom stereocenters. The Kier molecular flexibility index (Phi) is 3.97. The van der Waals surface area contributed by atoms with Gasteiger partial charge < -0.3 is 16.4 Å². The molecule has 0 aromatic carbocycles. The molecule has 0 spiro atoms. The maximum atomic E-state index is 12.9. The van der Waals surface area contributed by atoms with Gasteiger partial charge in [0.05, 0.1) is 0 Å². The molecule has 5 nitrogen and oxygen atoms in total. The first kappa shape index (κ1) is 13.8. The monoisotopic (exact) mass is 253 g/mol. The number of nitrogens with two attached hydrogens (primary N) is 1. The van der Waals surface area contributed by atoms with E-state index in [1.165, 1.54) is 0 Å². The summed E-state index contributed by atoms with van der Waals surface area (Å²) in [6, 6.07) is 0. The van der Waals surface area contributed by atoms with Gasteiger partial charge in [-0.3, -0.25) is 9.59 Å². The van der Waals surface area contributed by atoms with Gasteiger partial charge >= 0.3 is 6.18 Å². The number of hydrogen-bond donors (Lipinski definition) is 3. The van der Waals surface area contributed by atoms with Crippen molar-refractivity contribution in [2.75, 3.05) is 19.6 Å². The maximum Gasteiger partial charge on any atom is 0.404 e. The van der Waals surface area contributed by atoms with Crippen molar-refractivity contribution in [3.05, 3.63) is 0 Å². The van der Waals surface area contributed by atoms with Crippen molar-refractivity contribution < 1.29 is 22.8 Å². The van der Waals surface area contributed by atoms with Crippen LogP contribution >= 0.6 is 0 Å². The molecule has 0 saturated carbocycles. The molecule has 2 amide bonds. The van der Waals surface area contributed by atoms with E-state index in [1.807, 2.05) is 0 Å². The van der Waals surface area contributed by atoms with Gasteiger partial charge in [-0.1, -0.05) is 0 Å². The van der Waals surface area contributed by atoms with Crippen molar-refractivity contribution in [1.29, 1.82) is 0 Å². The second-order valence-corrected chi connectivity index (χ2v) is 3.98. The summed E-state index contributed by atoms with van der Waals surface area (Å²) in [5, 5.41) is 4.63. The second kappa shape index (κ2) is 4.91. The molecule has 1 fully saturated rings. The van der Waals surface area contributed by atoms with Gasteiger partial charge in [-0.2, -0.15) is 13.2 Å². The number of carbonyl (C=O) groups is 2. The van der Waals surface area contributed by atoms with Crippen LogP contribution in [-0.4, -0.2) is 37.6 Å². The molecule has 1 aliphatic heterocycles. The van der Waals surface area contributed by atoms with E-state index in [-0.39, 0.29) is 25.9 Å². The lowest BCUT2D eigenvalue weighted by Crippen LogP contribution is -2.52. The second-order valence-electron chi connectivity index (χ2n) is 3.98. The van der Waals surface area contributed by atoms with Crippen LogP contribution in [0.5, 0.6) is 0 Å². The Morgan fingerprint density at radius 1 is 1.41 bits per heavy atom. The normalized spacial score (nSPS) is 24.6.